The second-order valence-electron chi connectivity index (χ2n) is 4.69. The lowest BCUT2D eigenvalue weighted by atomic mass is 10.0. The summed E-state index contributed by atoms with van der Waals surface area (Å²) >= 11 is 0. The van der Waals surface area contributed by atoms with Gasteiger partial charge in [-0.2, -0.15) is 0 Å². The van der Waals surface area contributed by atoms with Gasteiger partial charge in [-0.05, 0) is 18.9 Å². The van der Waals surface area contributed by atoms with Gasteiger partial charge in [-0.1, -0.05) is 0 Å². The third-order valence-corrected chi connectivity index (χ3v) is 3.37. The Labute approximate surface area is 108 Å². The van der Waals surface area contributed by atoms with E-state index in [1.807, 2.05) is 0 Å². The molecule has 0 bridgehead atoms. The maximum absolute atomic E-state index is 13.6. The number of imidazole rings is 1. The minimum atomic E-state index is -1.29. The monoisotopic (exact) mass is 264 g/mol. The Balaban J connectivity index is 2.02. The first-order chi connectivity index (χ1) is 9.15. The summed E-state index contributed by atoms with van der Waals surface area (Å²) in [6.45, 7) is 1.35. The Bertz CT molecular complexity index is 632. The molecule has 1 saturated heterocycles. The summed E-state index contributed by atoms with van der Waals surface area (Å²) in [4.78, 5) is 18.3. The van der Waals surface area contributed by atoms with Crippen molar-refractivity contribution in [2.45, 2.75) is 18.8 Å². The van der Waals surface area contributed by atoms with Crippen molar-refractivity contribution < 1.29 is 19.0 Å². The first kappa shape index (κ1) is 12.1. The van der Waals surface area contributed by atoms with Gasteiger partial charge in [0.05, 0.1) is 23.2 Å². The molecule has 3 rings (SSSR count). The number of hydrogen-bond acceptors (Lipinski definition) is 3. The van der Waals surface area contributed by atoms with Gasteiger partial charge in [-0.3, -0.25) is 0 Å². The second kappa shape index (κ2) is 4.62. The highest BCUT2D eigenvalue weighted by atomic mass is 19.1. The van der Waals surface area contributed by atoms with E-state index >= 15 is 0 Å². The van der Waals surface area contributed by atoms with Crippen molar-refractivity contribution in [3.05, 3.63) is 29.3 Å². The Morgan fingerprint density at radius 2 is 2.37 bits per heavy atom. The van der Waals surface area contributed by atoms with E-state index in [9.17, 15) is 9.18 Å². The van der Waals surface area contributed by atoms with E-state index in [0.29, 0.717) is 17.6 Å². The van der Waals surface area contributed by atoms with Gasteiger partial charge in [-0.25, -0.2) is 14.2 Å². The summed E-state index contributed by atoms with van der Waals surface area (Å²) in [6, 6.07) is 2.44. The molecule has 1 aliphatic rings. The molecule has 1 fully saturated rings. The number of carboxylic acids is 1. The van der Waals surface area contributed by atoms with Crippen LogP contribution in [0.4, 0.5) is 4.39 Å². The summed E-state index contributed by atoms with van der Waals surface area (Å²) in [7, 11) is 0. The van der Waals surface area contributed by atoms with Crippen LogP contribution in [0.5, 0.6) is 0 Å². The molecule has 0 spiro atoms. The average molecular weight is 264 g/mol. The van der Waals surface area contributed by atoms with Crippen LogP contribution in [0.1, 0.15) is 34.9 Å². The second-order valence-corrected chi connectivity index (χ2v) is 4.69. The first-order valence-electron chi connectivity index (χ1n) is 6.15. The van der Waals surface area contributed by atoms with Gasteiger partial charge in [0.1, 0.15) is 11.6 Å². The van der Waals surface area contributed by atoms with E-state index in [1.54, 1.807) is 0 Å². The number of aromatic amines is 1. The van der Waals surface area contributed by atoms with Gasteiger partial charge in [0.2, 0.25) is 0 Å². The third kappa shape index (κ3) is 2.19. The highest BCUT2D eigenvalue weighted by Crippen LogP contribution is 2.26. The van der Waals surface area contributed by atoms with E-state index in [4.69, 9.17) is 9.84 Å². The molecule has 5 nitrogen and oxygen atoms in total. The van der Waals surface area contributed by atoms with Crippen LogP contribution in [0.2, 0.25) is 0 Å². The molecule has 2 heterocycles. The van der Waals surface area contributed by atoms with Gasteiger partial charge < -0.3 is 14.8 Å². The number of rotatable bonds is 2. The molecule has 1 aromatic carbocycles. The van der Waals surface area contributed by atoms with Crippen molar-refractivity contribution in [1.82, 2.24) is 9.97 Å². The van der Waals surface area contributed by atoms with E-state index in [1.165, 1.54) is 12.1 Å². The first-order valence-corrected chi connectivity index (χ1v) is 6.15. The number of nitrogens with zero attached hydrogens (tertiary/aromatic N) is 1. The average Bonchev–Trinajstić information content (AvgIpc) is 2.81. The Kier molecular flexibility index (Phi) is 2.94. The number of H-pyrrole nitrogens is 1. The molecule has 0 radical (unpaired) electrons. The van der Waals surface area contributed by atoms with E-state index in [-0.39, 0.29) is 11.5 Å². The summed E-state index contributed by atoms with van der Waals surface area (Å²) in [5.41, 5.74) is 0.632. The molecule has 100 valence electrons. The van der Waals surface area contributed by atoms with Crippen molar-refractivity contribution in [1.29, 1.82) is 0 Å². The Morgan fingerprint density at radius 1 is 1.53 bits per heavy atom. The standard InChI is InChI=1S/C13H13FN2O3/c14-9-5-11-10(4-8(9)13(17)18)15-12(16-11)7-2-1-3-19-6-7/h4-5,7H,1-3,6H2,(H,15,16)(H,17,18). The lowest BCUT2D eigenvalue weighted by Crippen LogP contribution is -2.16. The number of aromatic carboxylic acids is 1. The molecule has 6 heteroatoms. The topological polar surface area (TPSA) is 75.2 Å². The van der Waals surface area contributed by atoms with Crippen LogP contribution in [0, 0.1) is 5.82 Å². The number of nitrogens with one attached hydrogen (secondary N) is 1. The molecule has 1 aliphatic heterocycles. The third-order valence-electron chi connectivity index (χ3n) is 3.37. The van der Waals surface area contributed by atoms with Crippen molar-refractivity contribution in [3.63, 3.8) is 0 Å². The van der Waals surface area contributed by atoms with E-state index < -0.39 is 11.8 Å². The quantitative estimate of drug-likeness (QED) is 0.872. The lowest BCUT2D eigenvalue weighted by Gasteiger charge is -2.19. The zero-order valence-corrected chi connectivity index (χ0v) is 10.1. The predicted molar refractivity (Wildman–Crippen MR) is 65.8 cm³/mol. The number of carbonyl (C=O) groups is 1. The van der Waals surface area contributed by atoms with E-state index in [0.717, 1.165) is 25.3 Å². The minimum Gasteiger partial charge on any atom is -0.478 e. The fourth-order valence-corrected chi connectivity index (χ4v) is 2.36. The SMILES string of the molecule is O=C(O)c1cc2nc(C3CCCOC3)[nH]c2cc1F. The van der Waals surface area contributed by atoms with Crippen LogP contribution >= 0.6 is 0 Å². The summed E-state index contributed by atoms with van der Waals surface area (Å²) in [6.07, 6.45) is 1.94. The molecule has 0 amide bonds. The highest BCUT2D eigenvalue weighted by molar-refractivity contribution is 5.92. The zero-order valence-electron chi connectivity index (χ0n) is 10.1. The number of halogens is 1. The molecule has 1 aromatic heterocycles. The molecule has 1 unspecified atom stereocenters. The van der Waals surface area contributed by atoms with Gasteiger partial charge >= 0.3 is 5.97 Å². The van der Waals surface area contributed by atoms with Crippen LogP contribution < -0.4 is 0 Å². The molecule has 0 aliphatic carbocycles. The Hall–Kier alpha value is -1.95. The maximum atomic E-state index is 13.6. The van der Waals surface area contributed by atoms with Gasteiger partial charge in [0.25, 0.3) is 0 Å². The fraction of sp³-hybridized carbons (Fsp3) is 0.385. The van der Waals surface area contributed by atoms with Crippen LogP contribution in [-0.2, 0) is 4.74 Å². The maximum Gasteiger partial charge on any atom is 0.338 e. The summed E-state index contributed by atoms with van der Waals surface area (Å²) < 4.78 is 19.0. The van der Waals surface area contributed by atoms with Crippen LogP contribution in [0.15, 0.2) is 12.1 Å². The number of benzene rings is 1. The number of ether oxygens (including phenoxy) is 1. The van der Waals surface area contributed by atoms with Gasteiger partial charge in [0.15, 0.2) is 0 Å². The van der Waals surface area contributed by atoms with E-state index in [2.05, 4.69) is 9.97 Å². The smallest absolute Gasteiger partial charge is 0.338 e. The van der Waals surface area contributed by atoms with Crippen LogP contribution in [0.3, 0.4) is 0 Å². The fourth-order valence-electron chi connectivity index (χ4n) is 2.36. The zero-order chi connectivity index (χ0) is 13.4. The van der Waals surface area contributed by atoms with Crippen LogP contribution in [0.25, 0.3) is 11.0 Å². The summed E-state index contributed by atoms with van der Waals surface area (Å²) in [5.74, 6) is -1.14. The van der Waals surface area contributed by atoms with Crippen molar-refractivity contribution in [3.8, 4) is 0 Å². The molecule has 0 saturated carbocycles. The van der Waals surface area contributed by atoms with Gasteiger partial charge in [-0.15, -0.1) is 0 Å². The molecule has 2 N–H and O–H groups in total. The number of hydrogen-bond donors (Lipinski definition) is 2. The lowest BCUT2D eigenvalue weighted by molar-refractivity contribution is 0.0692. The predicted octanol–water partition coefficient (Wildman–Crippen LogP) is 2.29. The number of carboxylic acid groups (broad SMARTS) is 1. The summed E-state index contributed by atoms with van der Waals surface area (Å²) in [5, 5.41) is 8.88. The number of aromatic nitrogens is 2. The van der Waals surface area contributed by atoms with Crippen molar-refractivity contribution >= 4 is 17.0 Å². The number of fused-ring (bicyclic) bond motifs is 1. The van der Waals surface area contributed by atoms with Crippen LogP contribution in [-0.4, -0.2) is 34.3 Å². The normalized spacial score (nSPS) is 19.7. The molecule has 19 heavy (non-hydrogen) atoms. The largest absolute Gasteiger partial charge is 0.478 e. The molecule has 1 atom stereocenters. The molecule has 2 aromatic rings. The highest BCUT2D eigenvalue weighted by Gasteiger charge is 2.21. The van der Waals surface area contributed by atoms with Gasteiger partial charge in [0, 0.05) is 18.6 Å². The molecular weight excluding hydrogens is 251 g/mol. The Morgan fingerprint density at radius 3 is 3.05 bits per heavy atom. The molecular formula is C13H13FN2O3. The van der Waals surface area contributed by atoms with Crippen molar-refractivity contribution in [2.75, 3.05) is 13.2 Å². The minimum absolute atomic E-state index is 0.164. The van der Waals surface area contributed by atoms with Crippen molar-refractivity contribution in [2.24, 2.45) is 0 Å².